The van der Waals surface area contributed by atoms with Gasteiger partial charge in [-0.3, -0.25) is 4.79 Å². The van der Waals surface area contributed by atoms with Crippen molar-refractivity contribution in [1.82, 2.24) is 9.62 Å². The first kappa shape index (κ1) is 24.7. The summed E-state index contributed by atoms with van der Waals surface area (Å²) < 4.78 is 30.9. The summed E-state index contributed by atoms with van der Waals surface area (Å²) >= 11 is 0. The second-order valence-electron chi connectivity index (χ2n) is 8.57. The molecule has 0 saturated heterocycles. The van der Waals surface area contributed by atoms with Gasteiger partial charge in [0.15, 0.2) is 0 Å². The van der Waals surface area contributed by atoms with Gasteiger partial charge in [0.1, 0.15) is 4.90 Å². The van der Waals surface area contributed by atoms with Crippen LogP contribution in [-0.2, 0) is 15.6 Å². The van der Waals surface area contributed by atoms with E-state index in [1.807, 2.05) is 94.4 Å². The Morgan fingerprint density at radius 2 is 1.42 bits per heavy atom. The number of amides is 1. The van der Waals surface area contributed by atoms with Gasteiger partial charge in [0.05, 0.1) is 11.1 Å². The average Bonchev–Trinajstić information content (AvgIpc) is 2.80. The molecule has 0 unspecified atom stereocenters. The molecule has 33 heavy (non-hydrogen) atoms. The van der Waals surface area contributed by atoms with Gasteiger partial charge in [-0.25, -0.2) is 13.1 Å². The second-order valence-corrected chi connectivity index (χ2v) is 10.2. The molecule has 3 aromatic carbocycles. The minimum absolute atomic E-state index is 0.0228. The smallest absolute Gasteiger partial charge is 0.255 e. The monoisotopic (exact) mass is 464 g/mol. The lowest BCUT2D eigenvalue weighted by Gasteiger charge is -2.29. The Labute approximate surface area is 197 Å². The van der Waals surface area contributed by atoms with Crippen LogP contribution in [0.25, 0.3) is 11.1 Å². The molecule has 3 rings (SSSR count). The average molecular weight is 465 g/mol. The van der Waals surface area contributed by atoms with Crippen LogP contribution in [-0.4, -0.2) is 32.3 Å². The third-order valence-corrected chi connectivity index (χ3v) is 7.61. The van der Waals surface area contributed by atoms with Gasteiger partial charge in [0.2, 0.25) is 10.0 Å². The lowest BCUT2D eigenvalue weighted by Crippen LogP contribution is -2.42. The van der Waals surface area contributed by atoms with Gasteiger partial charge in [-0.05, 0) is 51.3 Å². The Morgan fingerprint density at radius 1 is 0.879 bits per heavy atom. The molecule has 0 aliphatic heterocycles. The summed E-state index contributed by atoms with van der Waals surface area (Å²) in [5.74, 6) is -0.284. The predicted octanol–water partition coefficient (Wildman–Crippen LogP) is 5.36. The maximum Gasteiger partial charge on any atom is 0.255 e. The lowest BCUT2D eigenvalue weighted by molar-refractivity contribution is 0.0768. The molecule has 6 heteroatoms. The number of nitrogens with zero attached hydrogens (tertiary/aromatic N) is 1. The zero-order valence-corrected chi connectivity index (χ0v) is 20.7. The van der Waals surface area contributed by atoms with Crippen LogP contribution in [0.1, 0.15) is 49.2 Å². The number of nitrogens with one attached hydrogen (secondary N) is 1. The van der Waals surface area contributed by atoms with Gasteiger partial charge in [0.25, 0.3) is 5.91 Å². The number of hydrogen-bond donors (Lipinski definition) is 1. The number of aryl methyl sites for hydroxylation is 1. The first-order valence-electron chi connectivity index (χ1n) is 11.2. The number of benzene rings is 3. The molecule has 0 aliphatic carbocycles. The van der Waals surface area contributed by atoms with E-state index in [0.29, 0.717) is 24.2 Å². The zero-order valence-electron chi connectivity index (χ0n) is 19.9. The summed E-state index contributed by atoms with van der Waals surface area (Å²) in [5.41, 5.74) is 2.05. The van der Waals surface area contributed by atoms with E-state index in [9.17, 15) is 13.2 Å². The van der Waals surface area contributed by atoms with E-state index in [1.54, 1.807) is 17.9 Å². The minimum Gasteiger partial charge on any atom is -0.339 e. The van der Waals surface area contributed by atoms with Crippen LogP contribution >= 0.6 is 0 Å². The van der Waals surface area contributed by atoms with Crippen LogP contribution in [0.4, 0.5) is 0 Å². The van der Waals surface area contributed by atoms with Crippen molar-refractivity contribution < 1.29 is 13.2 Å². The molecule has 0 heterocycles. The van der Waals surface area contributed by atoms with E-state index in [1.165, 1.54) is 0 Å². The molecule has 0 radical (unpaired) electrons. The van der Waals surface area contributed by atoms with Crippen molar-refractivity contribution in [3.63, 3.8) is 0 Å². The highest BCUT2D eigenvalue weighted by atomic mass is 32.2. The Hall–Kier alpha value is -2.96. The lowest BCUT2D eigenvalue weighted by atomic mass is 9.96. The van der Waals surface area contributed by atoms with Crippen molar-refractivity contribution in [3.8, 4) is 11.1 Å². The molecular formula is C27H32N2O3S. The molecule has 0 aliphatic rings. The van der Waals surface area contributed by atoms with Gasteiger partial charge < -0.3 is 4.90 Å². The molecule has 5 nitrogen and oxygen atoms in total. The normalized spacial score (nSPS) is 11.9. The number of hydrogen-bond acceptors (Lipinski definition) is 3. The molecule has 174 valence electrons. The maximum atomic E-state index is 14.0. The Morgan fingerprint density at radius 3 is 1.97 bits per heavy atom. The molecule has 0 aromatic heterocycles. The fraction of sp³-hybridized carbons (Fsp3) is 0.296. The molecule has 0 saturated carbocycles. The van der Waals surface area contributed by atoms with Crippen molar-refractivity contribution in [3.05, 3.63) is 89.5 Å². The van der Waals surface area contributed by atoms with Crippen LogP contribution in [0.2, 0.25) is 0 Å². The fourth-order valence-electron chi connectivity index (χ4n) is 4.04. The third-order valence-electron chi connectivity index (χ3n) is 5.87. The van der Waals surface area contributed by atoms with E-state index in [-0.39, 0.29) is 16.4 Å². The maximum absolute atomic E-state index is 14.0. The van der Waals surface area contributed by atoms with Crippen molar-refractivity contribution in [2.75, 3.05) is 13.1 Å². The first-order valence-corrected chi connectivity index (χ1v) is 12.7. The standard InChI is InChI=1S/C27H32N2O3S/c1-6-29(7-2)26(30)24-20(3)18-19-23(21-14-10-8-11-15-21)25(24)33(31,32)28-27(4,5)22-16-12-9-13-17-22/h8-19,28H,6-7H2,1-5H3. The summed E-state index contributed by atoms with van der Waals surface area (Å²) in [5, 5.41) is 0. The number of rotatable bonds is 8. The number of carbonyl (C=O) groups excluding carboxylic acids is 1. The van der Waals surface area contributed by atoms with Crippen LogP contribution in [0, 0.1) is 6.92 Å². The van der Waals surface area contributed by atoms with E-state index in [4.69, 9.17) is 0 Å². The largest absolute Gasteiger partial charge is 0.339 e. The molecule has 1 amide bonds. The fourth-order valence-corrected chi connectivity index (χ4v) is 5.92. The molecular weight excluding hydrogens is 432 g/mol. The second kappa shape index (κ2) is 9.89. The minimum atomic E-state index is -4.09. The Kier molecular flexibility index (Phi) is 7.40. The highest BCUT2D eigenvalue weighted by molar-refractivity contribution is 7.89. The summed E-state index contributed by atoms with van der Waals surface area (Å²) in [6.45, 7) is 10.2. The molecule has 1 N–H and O–H groups in total. The molecule has 0 bridgehead atoms. The highest BCUT2D eigenvalue weighted by Crippen LogP contribution is 2.34. The Bertz CT molecular complexity index is 1220. The SMILES string of the molecule is CCN(CC)C(=O)c1c(C)ccc(-c2ccccc2)c1S(=O)(=O)NC(C)(C)c1ccccc1. The van der Waals surface area contributed by atoms with Crippen LogP contribution < -0.4 is 4.72 Å². The highest BCUT2D eigenvalue weighted by Gasteiger charge is 2.34. The zero-order chi connectivity index (χ0) is 24.2. The van der Waals surface area contributed by atoms with Gasteiger partial charge in [-0.1, -0.05) is 72.8 Å². The van der Waals surface area contributed by atoms with E-state index in [2.05, 4.69) is 4.72 Å². The molecule has 0 spiro atoms. The third kappa shape index (κ3) is 5.18. The van der Waals surface area contributed by atoms with Gasteiger partial charge in [-0.2, -0.15) is 0 Å². The van der Waals surface area contributed by atoms with Gasteiger partial charge >= 0.3 is 0 Å². The summed E-state index contributed by atoms with van der Waals surface area (Å²) in [6, 6.07) is 22.3. The van der Waals surface area contributed by atoms with Crippen molar-refractivity contribution in [2.45, 2.75) is 45.1 Å². The van der Waals surface area contributed by atoms with E-state index < -0.39 is 15.6 Å². The van der Waals surface area contributed by atoms with E-state index >= 15 is 0 Å². The molecule has 0 atom stereocenters. The number of sulfonamides is 1. The summed E-state index contributed by atoms with van der Waals surface area (Å²) in [7, 11) is -4.09. The first-order chi connectivity index (χ1) is 15.6. The Balaban J connectivity index is 2.27. The predicted molar refractivity (Wildman–Crippen MR) is 134 cm³/mol. The van der Waals surface area contributed by atoms with Gasteiger partial charge in [-0.15, -0.1) is 0 Å². The molecule has 0 fully saturated rings. The molecule has 3 aromatic rings. The quantitative estimate of drug-likeness (QED) is 0.488. The number of carbonyl (C=O) groups is 1. The van der Waals surface area contributed by atoms with Gasteiger partial charge in [0, 0.05) is 18.7 Å². The van der Waals surface area contributed by atoms with Crippen LogP contribution in [0.5, 0.6) is 0 Å². The van der Waals surface area contributed by atoms with Crippen molar-refractivity contribution >= 4 is 15.9 Å². The van der Waals surface area contributed by atoms with E-state index in [0.717, 1.165) is 11.1 Å². The topological polar surface area (TPSA) is 66.5 Å². The van der Waals surface area contributed by atoms with Crippen molar-refractivity contribution in [2.24, 2.45) is 0 Å². The van der Waals surface area contributed by atoms with Crippen LogP contribution in [0.15, 0.2) is 77.7 Å². The van der Waals surface area contributed by atoms with Crippen molar-refractivity contribution in [1.29, 1.82) is 0 Å². The summed E-state index contributed by atoms with van der Waals surface area (Å²) in [6.07, 6.45) is 0. The summed E-state index contributed by atoms with van der Waals surface area (Å²) in [4.78, 5) is 15.2. The van der Waals surface area contributed by atoms with Crippen LogP contribution in [0.3, 0.4) is 0 Å².